The van der Waals surface area contributed by atoms with E-state index in [9.17, 15) is 4.39 Å². The van der Waals surface area contributed by atoms with Crippen LogP contribution in [0.4, 0.5) is 4.39 Å². The molecular formula is C9H13ClFNO2. The zero-order chi connectivity index (χ0) is 9.84. The highest BCUT2D eigenvalue weighted by Gasteiger charge is 2.15. The summed E-state index contributed by atoms with van der Waals surface area (Å²) < 4.78 is 18.1. The van der Waals surface area contributed by atoms with Gasteiger partial charge in [-0.25, -0.2) is 4.39 Å². The van der Waals surface area contributed by atoms with E-state index in [2.05, 4.69) is 0 Å². The van der Waals surface area contributed by atoms with Gasteiger partial charge in [-0.15, -0.1) is 12.4 Å². The molecule has 0 fully saturated rings. The molecule has 0 heterocycles. The van der Waals surface area contributed by atoms with Crippen LogP contribution in [-0.2, 0) is 0 Å². The summed E-state index contributed by atoms with van der Waals surface area (Å²) in [4.78, 5) is 0. The Hall–Kier alpha value is -0.840. The summed E-state index contributed by atoms with van der Waals surface area (Å²) in [5.41, 5.74) is 5.72. The molecule has 1 aromatic carbocycles. The number of rotatable bonds is 3. The predicted octanol–water partition coefficient (Wildman–Crippen LogP) is 1.25. The van der Waals surface area contributed by atoms with E-state index in [1.807, 2.05) is 0 Å². The van der Waals surface area contributed by atoms with Crippen LogP contribution in [0.1, 0.15) is 11.6 Å². The average molecular weight is 222 g/mol. The molecule has 1 atom stereocenters. The Morgan fingerprint density at radius 3 is 2.71 bits per heavy atom. The van der Waals surface area contributed by atoms with Crippen molar-refractivity contribution in [2.75, 3.05) is 13.7 Å². The van der Waals surface area contributed by atoms with Crippen LogP contribution in [-0.4, -0.2) is 18.8 Å². The molecule has 3 N–H and O–H groups in total. The van der Waals surface area contributed by atoms with E-state index < -0.39 is 11.9 Å². The van der Waals surface area contributed by atoms with E-state index in [1.54, 1.807) is 6.07 Å². The molecule has 1 aromatic rings. The monoisotopic (exact) mass is 221 g/mol. The van der Waals surface area contributed by atoms with Gasteiger partial charge < -0.3 is 15.6 Å². The first-order valence-corrected chi connectivity index (χ1v) is 3.89. The van der Waals surface area contributed by atoms with E-state index in [-0.39, 0.29) is 24.6 Å². The van der Waals surface area contributed by atoms with Crippen molar-refractivity contribution in [3.63, 3.8) is 0 Å². The lowest BCUT2D eigenvalue weighted by Gasteiger charge is -2.13. The fourth-order valence-electron chi connectivity index (χ4n) is 1.15. The lowest BCUT2D eigenvalue weighted by atomic mass is 10.1. The van der Waals surface area contributed by atoms with Gasteiger partial charge in [0.1, 0.15) is 11.6 Å². The second kappa shape index (κ2) is 5.80. The summed E-state index contributed by atoms with van der Waals surface area (Å²) in [6.07, 6.45) is 0. The Labute approximate surface area is 88.1 Å². The Morgan fingerprint density at radius 1 is 1.57 bits per heavy atom. The number of ether oxygens (including phenoxy) is 1. The highest BCUT2D eigenvalue weighted by atomic mass is 35.5. The number of benzene rings is 1. The molecule has 3 nitrogen and oxygen atoms in total. The van der Waals surface area contributed by atoms with Crippen molar-refractivity contribution in [2.45, 2.75) is 6.04 Å². The molecule has 0 aliphatic heterocycles. The van der Waals surface area contributed by atoms with Crippen molar-refractivity contribution in [3.05, 3.63) is 29.6 Å². The minimum absolute atomic E-state index is 0. The molecular weight excluding hydrogens is 209 g/mol. The normalized spacial score (nSPS) is 11.7. The van der Waals surface area contributed by atoms with Crippen LogP contribution in [0.3, 0.4) is 0 Å². The zero-order valence-electron chi connectivity index (χ0n) is 7.74. The Morgan fingerprint density at radius 2 is 2.21 bits per heavy atom. The summed E-state index contributed by atoms with van der Waals surface area (Å²) in [7, 11) is 1.43. The molecule has 0 saturated heterocycles. The Kier molecular flexibility index (Phi) is 5.45. The molecule has 0 radical (unpaired) electrons. The maximum absolute atomic E-state index is 13.2. The number of methoxy groups -OCH3 is 1. The molecule has 14 heavy (non-hydrogen) atoms. The van der Waals surface area contributed by atoms with Gasteiger partial charge in [0.15, 0.2) is 0 Å². The van der Waals surface area contributed by atoms with Crippen molar-refractivity contribution < 1.29 is 14.2 Å². The van der Waals surface area contributed by atoms with Crippen molar-refractivity contribution in [1.82, 2.24) is 0 Å². The molecule has 0 saturated carbocycles. The molecule has 0 unspecified atom stereocenters. The van der Waals surface area contributed by atoms with Gasteiger partial charge >= 0.3 is 0 Å². The molecule has 80 valence electrons. The smallest absolute Gasteiger partial charge is 0.131 e. The van der Waals surface area contributed by atoms with Crippen LogP contribution < -0.4 is 10.5 Å². The summed E-state index contributed by atoms with van der Waals surface area (Å²) in [6.45, 7) is -0.308. The van der Waals surface area contributed by atoms with Crippen LogP contribution in [0.25, 0.3) is 0 Å². The predicted molar refractivity (Wildman–Crippen MR) is 54.2 cm³/mol. The Bertz CT molecular complexity index is 296. The number of aliphatic hydroxyl groups excluding tert-OH is 1. The van der Waals surface area contributed by atoms with Gasteiger partial charge in [-0.05, 0) is 12.1 Å². The standard InChI is InChI=1S/C9H12FNO2.ClH/c1-13-8-4-2-3-6(10)9(8)7(11)5-12;/h2-4,7,12H,5,11H2,1H3;1H/t7-;/m1./s1. The van der Waals surface area contributed by atoms with Crippen molar-refractivity contribution >= 4 is 12.4 Å². The fourth-order valence-corrected chi connectivity index (χ4v) is 1.15. The first kappa shape index (κ1) is 13.2. The van der Waals surface area contributed by atoms with Gasteiger partial charge in [-0.3, -0.25) is 0 Å². The van der Waals surface area contributed by atoms with Crippen molar-refractivity contribution in [2.24, 2.45) is 5.73 Å². The zero-order valence-corrected chi connectivity index (χ0v) is 8.55. The van der Waals surface area contributed by atoms with Gasteiger partial charge in [-0.1, -0.05) is 6.07 Å². The quantitative estimate of drug-likeness (QED) is 0.808. The topological polar surface area (TPSA) is 55.5 Å². The van der Waals surface area contributed by atoms with Gasteiger partial charge in [0.25, 0.3) is 0 Å². The largest absolute Gasteiger partial charge is 0.496 e. The van der Waals surface area contributed by atoms with Crippen molar-refractivity contribution in [1.29, 1.82) is 0 Å². The number of aliphatic hydroxyl groups is 1. The minimum atomic E-state index is -0.740. The third kappa shape index (κ3) is 2.57. The van der Waals surface area contributed by atoms with Crippen LogP contribution in [0.15, 0.2) is 18.2 Å². The molecule has 0 aromatic heterocycles. The lowest BCUT2D eigenvalue weighted by Crippen LogP contribution is -2.17. The maximum atomic E-state index is 13.2. The highest BCUT2D eigenvalue weighted by molar-refractivity contribution is 5.85. The van der Waals surface area contributed by atoms with Gasteiger partial charge in [0.05, 0.1) is 19.8 Å². The van der Waals surface area contributed by atoms with Crippen LogP contribution >= 0.6 is 12.4 Å². The first-order valence-electron chi connectivity index (χ1n) is 3.89. The average Bonchev–Trinajstić information content (AvgIpc) is 2.16. The van der Waals surface area contributed by atoms with Gasteiger partial charge in [-0.2, -0.15) is 0 Å². The third-order valence-corrected chi connectivity index (χ3v) is 1.80. The van der Waals surface area contributed by atoms with Crippen LogP contribution in [0.5, 0.6) is 5.75 Å². The lowest BCUT2D eigenvalue weighted by molar-refractivity contribution is 0.261. The molecule has 0 spiro atoms. The second-order valence-electron chi connectivity index (χ2n) is 2.64. The number of halogens is 2. The minimum Gasteiger partial charge on any atom is -0.496 e. The van der Waals surface area contributed by atoms with Gasteiger partial charge in [0.2, 0.25) is 0 Å². The number of hydrogen-bond donors (Lipinski definition) is 2. The van der Waals surface area contributed by atoms with Gasteiger partial charge in [0, 0.05) is 5.56 Å². The van der Waals surface area contributed by atoms with E-state index in [1.165, 1.54) is 19.2 Å². The summed E-state index contributed by atoms with van der Waals surface area (Å²) >= 11 is 0. The third-order valence-electron chi connectivity index (χ3n) is 1.80. The first-order chi connectivity index (χ1) is 6.20. The molecule has 1 rings (SSSR count). The summed E-state index contributed by atoms with van der Waals surface area (Å²) in [6, 6.07) is 3.68. The van der Waals surface area contributed by atoms with E-state index >= 15 is 0 Å². The molecule has 0 aliphatic rings. The van der Waals surface area contributed by atoms with E-state index in [0.29, 0.717) is 5.75 Å². The summed E-state index contributed by atoms with van der Waals surface area (Å²) in [5, 5.41) is 8.79. The van der Waals surface area contributed by atoms with Crippen LogP contribution in [0.2, 0.25) is 0 Å². The van der Waals surface area contributed by atoms with Crippen LogP contribution in [0, 0.1) is 5.82 Å². The molecule has 5 heteroatoms. The van der Waals surface area contributed by atoms with E-state index in [4.69, 9.17) is 15.6 Å². The maximum Gasteiger partial charge on any atom is 0.131 e. The fraction of sp³-hybridized carbons (Fsp3) is 0.333. The highest BCUT2D eigenvalue weighted by Crippen LogP contribution is 2.25. The van der Waals surface area contributed by atoms with Crippen molar-refractivity contribution in [3.8, 4) is 5.75 Å². The summed E-state index contributed by atoms with van der Waals surface area (Å²) in [5.74, 6) is -0.0950. The number of nitrogens with two attached hydrogens (primary N) is 1. The molecule has 0 aliphatic carbocycles. The Balaban J connectivity index is 0.00000169. The van der Waals surface area contributed by atoms with E-state index in [0.717, 1.165) is 0 Å². The number of hydrogen-bond acceptors (Lipinski definition) is 3. The SMILES string of the molecule is COc1cccc(F)c1[C@H](N)CO.Cl. The molecule has 0 bridgehead atoms. The second-order valence-corrected chi connectivity index (χ2v) is 2.64. The molecule has 0 amide bonds.